The van der Waals surface area contributed by atoms with Crippen molar-refractivity contribution in [3.8, 4) is 0 Å². The van der Waals surface area contributed by atoms with E-state index in [9.17, 15) is 0 Å². The van der Waals surface area contributed by atoms with Gasteiger partial charge in [-0.1, -0.05) is 11.6 Å². The van der Waals surface area contributed by atoms with Gasteiger partial charge in [-0.2, -0.15) is 11.3 Å². The molecule has 0 spiro atoms. The molecule has 1 unspecified atom stereocenters. The van der Waals surface area contributed by atoms with Crippen LogP contribution in [0.3, 0.4) is 0 Å². The minimum atomic E-state index is 0.385. The average Bonchev–Trinajstić information content (AvgIpc) is 2.89. The largest absolute Gasteiger partial charge is 0.309 e. The molecule has 0 bridgehead atoms. The summed E-state index contributed by atoms with van der Waals surface area (Å²) in [7, 11) is 0. The van der Waals surface area contributed by atoms with Crippen LogP contribution in [-0.4, -0.2) is 6.54 Å². The molecule has 86 valence electrons. The van der Waals surface area contributed by atoms with Crippen LogP contribution in [0.5, 0.6) is 0 Å². The van der Waals surface area contributed by atoms with E-state index >= 15 is 0 Å². The highest BCUT2D eigenvalue weighted by molar-refractivity contribution is 7.16. The second-order valence-electron chi connectivity index (χ2n) is 3.70. The highest BCUT2D eigenvalue weighted by Crippen LogP contribution is 2.26. The molecule has 0 amide bonds. The first-order valence-electron chi connectivity index (χ1n) is 5.25. The molecule has 16 heavy (non-hydrogen) atoms. The molecule has 4 heteroatoms. The predicted molar refractivity (Wildman–Crippen MR) is 73.8 cm³/mol. The minimum Gasteiger partial charge on any atom is -0.309 e. The van der Waals surface area contributed by atoms with E-state index < -0.39 is 0 Å². The third kappa shape index (κ3) is 3.32. The van der Waals surface area contributed by atoms with E-state index in [0.717, 1.165) is 17.3 Å². The van der Waals surface area contributed by atoms with E-state index in [4.69, 9.17) is 11.6 Å². The van der Waals surface area contributed by atoms with Crippen LogP contribution in [0.4, 0.5) is 0 Å². The van der Waals surface area contributed by atoms with Crippen LogP contribution < -0.4 is 5.32 Å². The summed E-state index contributed by atoms with van der Waals surface area (Å²) in [5, 5.41) is 7.83. The Morgan fingerprint density at radius 1 is 1.38 bits per heavy atom. The fourth-order valence-electron chi connectivity index (χ4n) is 1.53. The monoisotopic (exact) mass is 271 g/mol. The molecular formula is C12H14ClNS2. The molecule has 0 fully saturated rings. The maximum atomic E-state index is 5.91. The van der Waals surface area contributed by atoms with Crippen molar-refractivity contribution in [1.29, 1.82) is 0 Å². The first-order valence-corrected chi connectivity index (χ1v) is 7.39. The fourth-order valence-corrected chi connectivity index (χ4v) is 3.32. The quantitative estimate of drug-likeness (QED) is 0.852. The van der Waals surface area contributed by atoms with Gasteiger partial charge in [0.25, 0.3) is 0 Å². The van der Waals surface area contributed by atoms with Crippen molar-refractivity contribution < 1.29 is 0 Å². The van der Waals surface area contributed by atoms with Crippen molar-refractivity contribution >= 4 is 34.3 Å². The van der Waals surface area contributed by atoms with Gasteiger partial charge >= 0.3 is 0 Å². The third-order valence-corrected chi connectivity index (χ3v) is 4.61. The fraction of sp³-hybridized carbons (Fsp3) is 0.333. The van der Waals surface area contributed by atoms with Gasteiger partial charge in [-0.3, -0.25) is 0 Å². The normalized spacial score (nSPS) is 12.9. The summed E-state index contributed by atoms with van der Waals surface area (Å²) >= 11 is 9.32. The van der Waals surface area contributed by atoms with Crippen LogP contribution in [-0.2, 0) is 6.42 Å². The first-order chi connectivity index (χ1) is 7.75. The van der Waals surface area contributed by atoms with E-state index in [1.54, 1.807) is 22.7 Å². The Morgan fingerprint density at radius 3 is 2.88 bits per heavy atom. The Hall–Kier alpha value is -0.350. The minimum absolute atomic E-state index is 0.385. The summed E-state index contributed by atoms with van der Waals surface area (Å²) in [6.45, 7) is 3.18. The number of halogens is 1. The average molecular weight is 272 g/mol. The Balaban J connectivity index is 1.78. The Labute approximate surface area is 109 Å². The van der Waals surface area contributed by atoms with Gasteiger partial charge in [0.15, 0.2) is 0 Å². The number of thiophene rings is 2. The number of hydrogen-bond donors (Lipinski definition) is 1. The summed E-state index contributed by atoms with van der Waals surface area (Å²) < 4.78 is 0.862. The second-order valence-corrected chi connectivity index (χ2v) is 6.23. The number of rotatable bonds is 5. The highest BCUT2D eigenvalue weighted by Gasteiger charge is 2.06. The smallest absolute Gasteiger partial charge is 0.0931 e. The number of nitrogens with one attached hydrogen (secondary N) is 1. The molecule has 2 aromatic rings. The van der Waals surface area contributed by atoms with Gasteiger partial charge < -0.3 is 5.32 Å². The van der Waals surface area contributed by atoms with Gasteiger partial charge in [-0.15, -0.1) is 11.3 Å². The Morgan fingerprint density at radius 2 is 2.25 bits per heavy atom. The van der Waals surface area contributed by atoms with E-state index in [-0.39, 0.29) is 0 Å². The van der Waals surface area contributed by atoms with Crippen LogP contribution in [0.25, 0.3) is 0 Å². The molecule has 1 N–H and O–H groups in total. The summed E-state index contributed by atoms with van der Waals surface area (Å²) in [5.74, 6) is 0. The SMILES string of the molecule is CC(NCCc1ccsc1)c1ccc(Cl)s1. The maximum Gasteiger partial charge on any atom is 0.0931 e. The second kappa shape index (κ2) is 5.82. The standard InChI is InChI=1S/C12H14ClNS2/c1-9(11-2-3-12(13)16-11)14-6-4-10-5-7-15-8-10/h2-3,5,7-9,14H,4,6H2,1H3. The van der Waals surface area contributed by atoms with Gasteiger partial charge in [0.2, 0.25) is 0 Å². The zero-order valence-electron chi connectivity index (χ0n) is 9.07. The summed E-state index contributed by atoms with van der Waals surface area (Å²) in [4.78, 5) is 1.30. The van der Waals surface area contributed by atoms with Crippen LogP contribution in [0, 0.1) is 0 Å². The van der Waals surface area contributed by atoms with Crippen LogP contribution >= 0.6 is 34.3 Å². The molecule has 2 heterocycles. The molecule has 0 aliphatic heterocycles. The lowest BCUT2D eigenvalue weighted by Gasteiger charge is -2.11. The predicted octanol–water partition coefficient (Wildman–Crippen LogP) is 4.36. The Kier molecular flexibility index (Phi) is 4.41. The molecule has 0 aromatic carbocycles. The zero-order chi connectivity index (χ0) is 11.4. The van der Waals surface area contributed by atoms with Gasteiger partial charge in [0.05, 0.1) is 4.34 Å². The molecule has 0 saturated heterocycles. The van der Waals surface area contributed by atoms with E-state index in [2.05, 4.69) is 35.1 Å². The molecule has 2 rings (SSSR count). The molecule has 0 radical (unpaired) electrons. The van der Waals surface area contributed by atoms with Crippen LogP contribution in [0.15, 0.2) is 29.0 Å². The van der Waals surface area contributed by atoms with Crippen molar-refractivity contribution in [3.05, 3.63) is 43.7 Å². The molecule has 1 atom stereocenters. The molecule has 2 aromatic heterocycles. The van der Waals surface area contributed by atoms with Crippen molar-refractivity contribution in [2.45, 2.75) is 19.4 Å². The lowest BCUT2D eigenvalue weighted by molar-refractivity contribution is 0.585. The van der Waals surface area contributed by atoms with Crippen LogP contribution in [0.2, 0.25) is 4.34 Å². The van der Waals surface area contributed by atoms with Crippen molar-refractivity contribution in [1.82, 2.24) is 5.32 Å². The molecule has 0 aliphatic carbocycles. The van der Waals surface area contributed by atoms with Crippen LogP contribution in [0.1, 0.15) is 23.4 Å². The number of hydrogen-bond acceptors (Lipinski definition) is 3. The molecule has 0 saturated carbocycles. The molecule has 1 nitrogen and oxygen atoms in total. The van der Waals surface area contributed by atoms with Crippen molar-refractivity contribution in [2.75, 3.05) is 6.54 Å². The maximum absolute atomic E-state index is 5.91. The van der Waals surface area contributed by atoms with E-state index in [1.165, 1.54) is 10.4 Å². The zero-order valence-corrected chi connectivity index (χ0v) is 11.5. The first kappa shape index (κ1) is 12.1. The molecular weight excluding hydrogens is 258 g/mol. The topological polar surface area (TPSA) is 12.0 Å². The molecule has 0 aliphatic rings. The summed E-state index contributed by atoms with van der Waals surface area (Å²) in [6, 6.07) is 6.61. The lowest BCUT2D eigenvalue weighted by Crippen LogP contribution is -2.20. The summed E-state index contributed by atoms with van der Waals surface area (Å²) in [6.07, 6.45) is 1.09. The third-order valence-electron chi connectivity index (χ3n) is 2.47. The van der Waals surface area contributed by atoms with Crippen molar-refractivity contribution in [3.63, 3.8) is 0 Å². The van der Waals surface area contributed by atoms with E-state index in [0.29, 0.717) is 6.04 Å². The highest BCUT2D eigenvalue weighted by atomic mass is 35.5. The summed E-state index contributed by atoms with van der Waals surface area (Å²) in [5.41, 5.74) is 1.41. The van der Waals surface area contributed by atoms with Gasteiger partial charge in [-0.25, -0.2) is 0 Å². The van der Waals surface area contributed by atoms with Gasteiger partial charge in [0, 0.05) is 10.9 Å². The van der Waals surface area contributed by atoms with Gasteiger partial charge in [0.1, 0.15) is 0 Å². The van der Waals surface area contributed by atoms with Gasteiger partial charge in [-0.05, 0) is 54.4 Å². The Bertz CT molecular complexity index is 422. The van der Waals surface area contributed by atoms with Crippen molar-refractivity contribution in [2.24, 2.45) is 0 Å². The van der Waals surface area contributed by atoms with E-state index in [1.807, 2.05) is 6.07 Å². The lowest BCUT2D eigenvalue weighted by atomic mass is 10.2.